The van der Waals surface area contributed by atoms with Crippen molar-refractivity contribution in [3.8, 4) is 11.1 Å². The fourth-order valence-electron chi connectivity index (χ4n) is 9.15. The summed E-state index contributed by atoms with van der Waals surface area (Å²) in [5.41, 5.74) is 4.27. The van der Waals surface area contributed by atoms with E-state index in [1.54, 1.807) is 23.6 Å². The predicted molar refractivity (Wildman–Crippen MR) is 234 cm³/mol. The van der Waals surface area contributed by atoms with E-state index in [9.17, 15) is 38.7 Å². The molecule has 0 saturated carbocycles. The summed E-state index contributed by atoms with van der Waals surface area (Å²) in [4.78, 5) is 104. The van der Waals surface area contributed by atoms with Gasteiger partial charge in [-0.15, -0.1) is 0 Å². The Hall–Kier alpha value is -5.47. The molecule has 2 saturated heterocycles. The number of hydrogen-bond donors (Lipinski definition) is 2. The maximum Gasteiger partial charge on any atom is 0.407 e. The Balaban J connectivity index is 1.34. The van der Waals surface area contributed by atoms with E-state index in [4.69, 9.17) is 4.74 Å². The molecule has 0 unspecified atom stereocenters. The third kappa shape index (κ3) is 10.9. The van der Waals surface area contributed by atoms with Crippen LogP contribution in [0.4, 0.5) is 4.79 Å². The monoisotopic (exact) mass is 858 g/mol. The summed E-state index contributed by atoms with van der Waals surface area (Å²) in [5, 5.41) is 12.6. The van der Waals surface area contributed by atoms with Crippen LogP contribution < -0.4 is 5.32 Å². The van der Waals surface area contributed by atoms with Crippen molar-refractivity contribution in [1.82, 2.24) is 29.8 Å². The van der Waals surface area contributed by atoms with E-state index in [0.717, 1.165) is 65.7 Å². The van der Waals surface area contributed by atoms with E-state index < -0.39 is 84.5 Å². The third-order valence-corrected chi connectivity index (χ3v) is 13.1. The number of hydrogen-bond acceptors (Lipinski definition) is 8. The molecule has 2 aromatic carbocycles. The van der Waals surface area contributed by atoms with Gasteiger partial charge in [-0.05, 0) is 72.6 Å². The SMILES string of the molecule is CC[C@H](C)[C@H](NC(=O)OCC1c2ccccc2-c2ccccc21)C(=O)N(C)[C@H](C(=O)N(C)[C@@H](CC(=O)N(C)[C@@H](CC(=O)O)C(=O)N1CCCCC1)C(=O)N1CCCCC1)C(C)C. The molecule has 2 aromatic rings. The second kappa shape index (κ2) is 21.6. The number of likely N-dealkylation sites (N-methyl/N-ethyl adjacent to an activating group) is 3. The molecule has 2 fully saturated rings. The molecular weight excluding hydrogens is 793 g/mol. The minimum Gasteiger partial charge on any atom is -0.481 e. The van der Waals surface area contributed by atoms with Crippen molar-refractivity contribution >= 4 is 41.6 Å². The number of alkyl carbamates (subject to hydrolysis) is 1. The zero-order valence-electron chi connectivity index (χ0n) is 37.5. The van der Waals surface area contributed by atoms with E-state index in [1.165, 1.54) is 30.9 Å². The highest BCUT2D eigenvalue weighted by molar-refractivity contribution is 5.97. The largest absolute Gasteiger partial charge is 0.481 e. The van der Waals surface area contributed by atoms with Gasteiger partial charge in [0.2, 0.25) is 29.5 Å². The van der Waals surface area contributed by atoms with Crippen molar-refractivity contribution in [2.75, 3.05) is 53.9 Å². The Morgan fingerprint density at radius 2 is 1.18 bits per heavy atom. The predicted octanol–water partition coefficient (Wildman–Crippen LogP) is 4.97. The number of piperidine rings is 2. The first-order chi connectivity index (χ1) is 29.6. The summed E-state index contributed by atoms with van der Waals surface area (Å²) in [7, 11) is 4.30. The van der Waals surface area contributed by atoms with Crippen LogP contribution in [-0.2, 0) is 33.5 Å². The average molecular weight is 859 g/mol. The quantitative estimate of drug-likeness (QED) is 0.223. The second-order valence-electron chi connectivity index (χ2n) is 17.5. The first-order valence-electron chi connectivity index (χ1n) is 22.3. The number of aliphatic carboxylic acids is 1. The Labute approximate surface area is 366 Å². The summed E-state index contributed by atoms with van der Waals surface area (Å²) in [6.45, 7) is 9.16. The van der Waals surface area contributed by atoms with Crippen molar-refractivity contribution in [2.24, 2.45) is 11.8 Å². The molecule has 0 radical (unpaired) electrons. The fourth-order valence-corrected chi connectivity index (χ4v) is 9.15. The Morgan fingerprint density at radius 3 is 1.65 bits per heavy atom. The number of benzene rings is 2. The molecule has 0 spiro atoms. The van der Waals surface area contributed by atoms with Gasteiger partial charge in [-0.2, -0.15) is 0 Å². The number of rotatable bonds is 17. The van der Waals surface area contributed by atoms with E-state index in [2.05, 4.69) is 5.32 Å². The maximum absolute atomic E-state index is 14.7. The van der Waals surface area contributed by atoms with E-state index in [0.29, 0.717) is 32.6 Å². The van der Waals surface area contributed by atoms with Crippen LogP contribution in [0.15, 0.2) is 48.5 Å². The number of fused-ring (bicyclic) bond motifs is 3. The van der Waals surface area contributed by atoms with Gasteiger partial charge in [0, 0.05) is 53.2 Å². The average Bonchev–Trinajstić information content (AvgIpc) is 3.60. The van der Waals surface area contributed by atoms with Crippen LogP contribution in [0.5, 0.6) is 0 Å². The molecule has 6 amide bonds. The summed E-state index contributed by atoms with van der Waals surface area (Å²) in [5.74, 6) is -4.91. The highest BCUT2D eigenvalue weighted by Gasteiger charge is 2.43. The molecule has 2 heterocycles. The van der Waals surface area contributed by atoms with Crippen LogP contribution in [0.1, 0.15) is 103 Å². The van der Waals surface area contributed by atoms with Crippen molar-refractivity contribution in [3.63, 3.8) is 0 Å². The highest BCUT2D eigenvalue weighted by Crippen LogP contribution is 2.44. The van der Waals surface area contributed by atoms with Crippen molar-refractivity contribution in [1.29, 1.82) is 0 Å². The summed E-state index contributed by atoms with van der Waals surface area (Å²) in [6.07, 6.45) is 3.61. The van der Waals surface area contributed by atoms with Gasteiger partial charge in [0.05, 0.1) is 12.8 Å². The van der Waals surface area contributed by atoms with Gasteiger partial charge in [-0.25, -0.2) is 4.79 Å². The number of carboxylic acids is 1. The molecule has 15 nitrogen and oxygen atoms in total. The molecule has 0 aromatic heterocycles. The Morgan fingerprint density at radius 1 is 0.694 bits per heavy atom. The third-order valence-electron chi connectivity index (χ3n) is 13.1. The number of carbonyl (C=O) groups is 7. The summed E-state index contributed by atoms with van der Waals surface area (Å²) >= 11 is 0. The van der Waals surface area contributed by atoms with Crippen LogP contribution >= 0.6 is 0 Å². The molecule has 3 aliphatic rings. The van der Waals surface area contributed by atoms with Gasteiger partial charge in [-0.3, -0.25) is 28.8 Å². The van der Waals surface area contributed by atoms with Crippen LogP contribution in [0.25, 0.3) is 11.1 Å². The number of nitrogens with one attached hydrogen (secondary N) is 1. The lowest BCUT2D eigenvalue weighted by Crippen LogP contribution is -2.61. The molecule has 2 N–H and O–H groups in total. The zero-order chi connectivity index (χ0) is 45.2. The number of nitrogens with zero attached hydrogens (tertiary/aromatic N) is 5. The van der Waals surface area contributed by atoms with Crippen LogP contribution in [0.2, 0.25) is 0 Å². The maximum atomic E-state index is 14.7. The summed E-state index contributed by atoms with van der Waals surface area (Å²) < 4.78 is 5.82. The molecule has 62 heavy (non-hydrogen) atoms. The van der Waals surface area contributed by atoms with Crippen molar-refractivity contribution in [2.45, 2.75) is 116 Å². The molecule has 1 aliphatic carbocycles. The highest BCUT2D eigenvalue weighted by atomic mass is 16.5. The van der Waals surface area contributed by atoms with Crippen LogP contribution in [-0.4, -0.2) is 149 Å². The number of carbonyl (C=O) groups excluding carboxylic acids is 6. The topological polar surface area (TPSA) is 177 Å². The molecule has 0 bridgehead atoms. The lowest BCUT2D eigenvalue weighted by atomic mass is 9.94. The number of carboxylic acid groups (broad SMARTS) is 1. The number of amides is 6. The van der Waals surface area contributed by atoms with Gasteiger partial charge in [-0.1, -0.05) is 82.6 Å². The van der Waals surface area contributed by atoms with Gasteiger partial charge < -0.3 is 39.7 Å². The Kier molecular flexibility index (Phi) is 16.5. The minimum atomic E-state index is -1.31. The minimum absolute atomic E-state index is 0.0544. The van der Waals surface area contributed by atoms with E-state index in [1.807, 2.05) is 62.4 Å². The lowest BCUT2D eigenvalue weighted by Gasteiger charge is -2.40. The Bertz CT molecular complexity index is 1900. The standard InChI is InChI=1S/C47H66N6O9/c1-8-31(4)41(48-47(61)62-29-36-34-21-13-11-19-32(34)33-20-12-14-22-35(33)36)45(59)51(7)42(30(2)3)46(60)50(6)37(43(57)52-23-15-9-16-24-52)27-39(54)49(5)38(28-40(55)56)44(58)53-25-17-10-18-26-53/h11-14,19-22,30-31,36-38,41-42H,8-10,15-18,23-29H2,1-7H3,(H,48,61)(H,55,56)/t31-,37-,38-,41-,42-/m0/s1. The van der Waals surface area contributed by atoms with E-state index >= 15 is 0 Å². The van der Waals surface area contributed by atoms with Crippen LogP contribution in [0, 0.1) is 11.8 Å². The van der Waals surface area contributed by atoms with Gasteiger partial charge in [0.15, 0.2) is 0 Å². The van der Waals surface area contributed by atoms with Gasteiger partial charge in [0.1, 0.15) is 30.8 Å². The van der Waals surface area contributed by atoms with Crippen molar-refractivity contribution < 1.29 is 43.4 Å². The first-order valence-corrected chi connectivity index (χ1v) is 22.3. The molecule has 2 aliphatic heterocycles. The van der Waals surface area contributed by atoms with Gasteiger partial charge in [0.25, 0.3) is 0 Å². The number of ether oxygens (including phenoxy) is 1. The molecule has 338 valence electrons. The molecular formula is C47H66N6O9. The molecule has 5 rings (SSSR count). The van der Waals surface area contributed by atoms with Gasteiger partial charge >= 0.3 is 12.1 Å². The fraction of sp³-hybridized carbons (Fsp3) is 0.596. The van der Waals surface area contributed by atoms with Crippen molar-refractivity contribution in [3.05, 3.63) is 59.7 Å². The normalized spacial score (nSPS) is 17.4. The number of likely N-dealkylation sites (tertiary alicyclic amines) is 2. The molecule has 5 atom stereocenters. The zero-order valence-corrected chi connectivity index (χ0v) is 37.5. The summed E-state index contributed by atoms with van der Waals surface area (Å²) in [6, 6.07) is 11.2. The van der Waals surface area contributed by atoms with E-state index in [-0.39, 0.29) is 18.4 Å². The smallest absolute Gasteiger partial charge is 0.407 e. The molecule has 15 heteroatoms. The second-order valence-corrected chi connectivity index (χ2v) is 17.5. The van der Waals surface area contributed by atoms with Crippen LogP contribution in [0.3, 0.4) is 0 Å². The first kappa shape index (κ1) is 47.6. The lowest BCUT2D eigenvalue weighted by molar-refractivity contribution is -0.156.